The molecule has 0 aliphatic carbocycles. The number of benzene rings is 1. The summed E-state index contributed by atoms with van der Waals surface area (Å²) >= 11 is 3.13. The van der Waals surface area contributed by atoms with Crippen LogP contribution in [0.2, 0.25) is 0 Å². The van der Waals surface area contributed by atoms with Crippen molar-refractivity contribution in [3.8, 4) is 5.75 Å². The number of halogens is 4. The number of ether oxygens (including phenoxy) is 1. The topological polar surface area (TPSA) is 68.3 Å². The van der Waals surface area contributed by atoms with E-state index in [2.05, 4.69) is 30.4 Å². The summed E-state index contributed by atoms with van der Waals surface area (Å²) in [6.45, 7) is 0. The lowest BCUT2D eigenvalue weighted by molar-refractivity contribution is -0.274. The van der Waals surface area contributed by atoms with Gasteiger partial charge in [0, 0.05) is 16.4 Å². The summed E-state index contributed by atoms with van der Waals surface area (Å²) in [7, 11) is -3.92. The van der Waals surface area contributed by atoms with Gasteiger partial charge in [0.15, 0.2) is 5.03 Å². The quantitative estimate of drug-likeness (QED) is 0.857. The minimum Gasteiger partial charge on any atom is -0.406 e. The highest BCUT2D eigenvalue weighted by Crippen LogP contribution is 2.24. The number of pyridine rings is 1. The lowest BCUT2D eigenvalue weighted by Crippen LogP contribution is -2.17. The Hall–Kier alpha value is -1.81. The van der Waals surface area contributed by atoms with E-state index in [9.17, 15) is 21.6 Å². The van der Waals surface area contributed by atoms with E-state index >= 15 is 0 Å². The lowest BCUT2D eigenvalue weighted by Gasteiger charge is -2.10. The minimum atomic E-state index is -4.80. The second-order valence-electron chi connectivity index (χ2n) is 3.99. The minimum absolute atomic E-state index is 0.0826. The Labute approximate surface area is 132 Å². The maximum absolute atomic E-state index is 12.0. The van der Waals surface area contributed by atoms with E-state index in [0.29, 0.717) is 4.47 Å². The molecule has 10 heteroatoms. The predicted octanol–water partition coefficient (Wildman–Crippen LogP) is 3.54. The molecule has 0 amide bonds. The Morgan fingerprint density at radius 3 is 2.23 bits per heavy atom. The Kier molecular flexibility index (Phi) is 4.61. The van der Waals surface area contributed by atoms with E-state index in [-0.39, 0.29) is 10.7 Å². The van der Waals surface area contributed by atoms with Crippen LogP contribution in [0.25, 0.3) is 0 Å². The molecule has 1 heterocycles. The lowest BCUT2D eigenvalue weighted by atomic mass is 10.3. The Morgan fingerprint density at radius 2 is 1.73 bits per heavy atom. The molecule has 0 saturated carbocycles. The van der Waals surface area contributed by atoms with E-state index in [1.54, 1.807) is 0 Å². The van der Waals surface area contributed by atoms with Crippen LogP contribution in [0.1, 0.15) is 0 Å². The van der Waals surface area contributed by atoms with Gasteiger partial charge in [0.05, 0.1) is 0 Å². The summed E-state index contributed by atoms with van der Waals surface area (Å²) < 4.78 is 66.6. The van der Waals surface area contributed by atoms with Crippen LogP contribution in [0.15, 0.2) is 52.1 Å². The van der Waals surface area contributed by atoms with Crippen LogP contribution in [-0.4, -0.2) is 19.8 Å². The van der Waals surface area contributed by atoms with Gasteiger partial charge in [-0.1, -0.05) is 0 Å². The molecule has 0 radical (unpaired) electrons. The van der Waals surface area contributed by atoms with Crippen molar-refractivity contribution in [3.63, 3.8) is 0 Å². The third-order valence-electron chi connectivity index (χ3n) is 2.32. The predicted molar refractivity (Wildman–Crippen MR) is 75.9 cm³/mol. The summed E-state index contributed by atoms with van der Waals surface area (Å²) in [6, 6.07) is 7.09. The van der Waals surface area contributed by atoms with Gasteiger partial charge in [-0.2, -0.15) is 8.42 Å². The first-order valence-corrected chi connectivity index (χ1v) is 7.93. The van der Waals surface area contributed by atoms with Crippen molar-refractivity contribution >= 4 is 31.6 Å². The maximum atomic E-state index is 12.0. The van der Waals surface area contributed by atoms with Crippen LogP contribution in [0.4, 0.5) is 18.9 Å². The molecular weight excluding hydrogens is 389 g/mol. The smallest absolute Gasteiger partial charge is 0.406 e. The zero-order chi connectivity index (χ0) is 16.4. The Morgan fingerprint density at radius 1 is 1.09 bits per heavy atom. The molecule has 0 fully saturated rings. The highest BCUT2D eigenvalue weighted by Gasteiger charge is 2.31. The molecule has 1 N–H and O–H groups in total. The van der Waals surface area contributed by atoms with Crippen LogP contribution >= 0.6 is 15.9 Å². The van der Waals surface area contributed by atoms with E-state index in [1.807, 2.05) is 0 Å². The number of alkyl halides is 3. The Balaban J connectivity index is 2.14. The molecule has 0 atom stereocenters. The number of hydrogen-bond acceptors (Lipinski definition) is 4. The molecule has 0 bridgehead atoms. The number of nitrogens with zero attached hydrogens (tertiary/aromatic N) is 1. The van der Waals surface area contributed by atoms with E-state index in [1.165, 1.54) is 18.3 Å². The molecule has 5 nitrogen and oxygen atoms in total. The molecule has 2 rings (SSSR count). The van der Waals surface area contributed by atoms with Crippen molar-refractivity contribution in [2.24, 2.45) is 0 Å². The van der Waals surface area contributed by atoms with Crippen LogP contribution in [0.5, 0.6) is 5.75 Å². The van der Waals surface area contributed by atoms with Crippen LogP contribution in [-0.2, 0) is 10.0 Å². The molecule has 22 heavy (non-hydrogen) atoms. The second-order valence-corrected chi connectivity index (χ2v) is 6.54. The van der Waals surface area contributed by atoms with Crippen molar-refractivity contribution < 1.29 is 26.3 Å². The molecule has 1 aromatic carbocycles. The van der Waals surface area contributed by atoms with Gasteiger partial charge >= 0.3 is 6.36 Å². The summed E-state index contributed by atoms with van der Waals surface area (Å²) in [5.41, 5.74) is 0.0826. The number of nitrogens with one attached hydrogen (secondary N) is 1. The van der Waals surface area contributed by atoms with E-state index in [0.717, 1.165) is 24.3 Å². The van der Waals surface area contributed by atoms with Gasteiger partial charge in [-0.3, -0.25) is 4.72 Å². The molecule has 118 valence electrons. The zero-order valence-electron chi connectivity index (χ0n) is 10.6. The molecule has 1 aromatic heterocycles. The monoisotopic (exact) mass is 396 g/mol. The third kappa shape index (κ3) is 4.60. The average molecular weight is 397 g/mol. The van der Waals surface area contributed by atoms with E-state index in [4.69, 9.17) is 0 Å². The van der Waals surface area contributed by atoms with E-state index < -0.39 is 22.1 Å². The van der Waals surface area contributed by atoms with Gasteiger partial charge in [0.25, 0.3) is 10.0 Å². The second kappa shape index (κ2) is 6.13. The SMILES string of the molecule is O=S(=O)(Nc1ccc(OC(F)(F)F)cc1)c1ccc(Br)cn1. The summed E-state index contributed by atoms with van der Waals surface area (Å²) in [5.74, 6) is -0.447. The van der Waals surface area contributed by atoms with Crippen molar-refractivity contribution in [1.29, 1.82) is 0 Å². The van der Waals surface area contributed by atoms with Gasteiger partial charge in [-0.05, 0) is 52.3 Å². The number of aromatic nitrogens is 1. The first-order chi connectivity index (χ1) is 10.2. The van der Waals surface area contributed by atoms with Crippen molar-refractivity contribution in [3.05, 3.63) is 47.1 Å². The molecule has 0 spiro atoms. The summed E-state index contributed by atoms with van der Waals surface area (Å²) in [5, 5.41) is -0.216. The summed E-state index contributed by atoms with van der Waals surface area (Å²) in [6.07, 6.45) is -3.49. The van der Waals surface area contributed by atoms with Gasteiger partial charge < -0.3 is 4.74 Å². The fourth-order valence-corrected chi connectivity index (χ4v) is 2.68. The normalized spacial score (nSPS) is 12.0. The number of sulfonamides is 1. The van der Waals surface area contributed by atoms with Crippen LogP contribution in [0.3, 0.4) is 0 Å². The van der Waals surface area contributed by atoms with Crippen molar-refractivity contribution in [1.82, 2.24) is 4.98 Å². The molecular formula is C12H8BrF3N2O3S. The fourth-order valence-electron chi connectivity index (χ4n) is 1.45. The highest BCUT2D eigenvalue weighted by atomic mass is 79.9. The zero-order valence-corrected chi connectivity index (χ0v) is 13.0. The molecule has 0 unspecified atom stereocenters. The number of hydrogen-bond donors (Lipinski definition) is 1. The van der Waals surface area contributed by atoms with Gasteiger partial charge in [0.1, 0.15) is 5.75 Å². The average Bonchev–Trinajstić information content (AvgIpc) is 2.39. The van der Waals surface area contributed by atoms with Gasteiger partial charge in [0.2, 0.25) is 0 Å². The Bertz CT molecular complexity index is 747. The number of rotatable bonds is 4. The first kappa shape index (κ1) is 16.6. The maximum Gasteiger partial charge on any atom is 0.573 e. The van der Waals surface area contributed by atoms with Gasteiger partial charge in [-0.15, -0.1) is 13.2 Å². The van der Waals surface area contributed by atoms with Gasteiger partial charge in [-0.25, -0.2) is 4.98 Å². The molecule has 0 saturated heterocycles. The first-order valence-electron chi connectivity index (χ1n) is 5.66. The van der Waals surface area contributed by atoms with Crippen LogP contribution in [0, 0.1) is 0 Å². The van der Waals surface area contributed by atoms with Crippen LogP contribution < -0.4 is 9.46 Å². The molecule has 2 aromatic rings. The van der Waals surface area contributed by atoms with Crippen molar-refractivity contribution in [2.75, 3.05) is 4.72 Å². The fraction of sp³-hybridized carbons (Fsp3) is 0.0833. The molecule has 0 aliphatic heterocycles. The van der Waals surface area contributed by atoms with Crippen molar-refractivity contribution in [2.45, 2.75) is 11.4 Å². The third-order valence-corrected chi connectivity index (χ3v) is 4.08. The standard InChI is InChI=1S/C12H8BrF3N2O3S/c13-8-1-6-11(17-7-8)22(19,20)18-9-2-4-10(5-3-9)21-12(14,15)16/h1-7,18H. The number of anilines is 1. The highest BCUT2D eigenvalue weighted by molar-refractivity contribution is 9.10. The largest absolute Gasteiger partial charge is 0.573 e. The molecule has 0 aliphatic rings. The summed E-state index contributed by atoms with van der Waals surface area (Å²) in [4.78, 5) is 3.74.